The fraction of sp³-hybridized carbons (Fsp3) is 0.308. The first kappa shape index (κ1) is 24.0. The largest absolute Gasteiger partial charge is 0.476 e. The Kier molecular flexibility index (Phi) is 6.86. The summed E-state index contributed by atoms with van der Waals surface area (Å²) in [4.78, 5) is 36.6. The van der Waals surface area contributed by atoms with Gasteiger partial charge < -0.3 is 20.5 Å². The van der Waals surface area contributed by atoms with E-state index >= 15 is 0 Å². The molecule has 4 rings (SSSR count). The molecule has 182 valence electrons. The summed E-state index contributed by atoms with van der Waals surface area (Å²) < 4.78 is 6.91. The first-order valence-corrected chi connectivity index (χ1v) is 11.4. The zero-order valence-corrected chi connectivity index (χ0v) is 19.8. The molecular formula is C26H28N4O5. The first-order valence-electron chi connectivity index (χ1n) is 11.4. The molecular weight excluding hydrogens is 448 g/mol. The Morgan fingerprint density at radius 2 is 1.66 bits per heavy atom. The van der Waals surface area contributed by atoms with Crippen LogP contribution in [0, 0.1) is 5.92 Å². The lowest BCUT2D eigenvalue weighted by atomic mass is 9.98. The minimum Gasteiger partial charge on any atom is -0.476 e. The number of amides is 2. The van der Waals surface area contributed by atoms with Crippen LogP contribution >= 0.6 is 0 Å². The molecule has 0 radical (unpaired) electrons. The maximum Gasteiger partial charge on any atom is 0.407 e. The lowest BCUT2D eigenvalue weighted by molar-refractivity contribution is -0.116. The Labute approximate surface area is 203 Å². The fourth-order valence-corrected chi connectivity index (χ4v) is 4.38. The van der Waals surface area contributed by atoms with Gasteiger partial charge in [0.15, 0.2) is 5.69 Å². The van der Waals surface area contributed by atoms with Crippen molar-refractivity contribution in [1.29, 1.82) is 0 Å². The molecule has 1 atom stereocenters. The third-order valence-electron chi connectivity index (χ3n) is 6.16. The predicted molar refractivity (Wildman–Crippen MR) is 130 cm³/mol. The zero-order valence-electron chi connectivity index (χ0n) is 19.8. The van der Waals surface area contributed by atoms with Gasteiger partial charge in [-0.25, -0.2) is 9.59 Å². The van der Waals surface area contributed by atoms with Gasteiger partial charge >= 0.3 is 12.1 Å². The van der Waals surface area contributed by atoms with Crippen LogP contribution in [0.25, 0.3) is 11.1 Å². The summed E-state index contributed by atoms with van der Waals surface area (Å²) in [5.74, 6) is -1.79. The first-order chi connectivity index (χ1) is 16.7. The van der Waals surface area contributed by atoms with Crippen LogP contribution in [0.1, 0.15) is 47.8 Å². The normalized spacial score (nSPS) is 13.1. The molecule has 9 heteroatoms. The summed E-state index contributed by atoms with van der Waals surface area (Å²) >= 11 is 0. The Balaban J connectivity index is 1.38. The van der Waals surface area contributed by atoms with Crippen LogP contribution in [0.2, 0.25) is 0 Å². The van der Waals surface area contributed by atoms with Crippen LogP contribution in [0.3, 0.4) is 0 Å². The molecule has 9 nitrogen and oxygen atoms in total. The SMILES string of the molecule is CC(C)C(CC(=O)Nc1cn(C)nc1C(=O)O)NC(=O)OCC1c2ccccc2-c2ccccc21. The average molecular weight is 477 g/mol. The number of aromatic nitrogens is 2. The Morgan fingerprint density at radius 1 is 1.06 bits per heavy atom. The molecule has 3 aromatic rings. The highest BCUT2D eigenvalue weighted by atomic mass is 16.5. The molecule has 0 fully saturated rings. The second-order valence-electron chi connectivity index (χ2n) is 8.94. The third-order valence-corrected chi connectivity index (χ3v) is 6.16. The van der Waals surface area contributed by atoms with Crippen molar-refractivity contribution in [2.24, 2.45) is 13.0 Å². The highest BCUT2D eigenvalue weighted by Gasteiger charge is 2.30. The molecule has 2 amide bonds. The van der Waals surface area contributed by atoms with Crippen molar-refractivity contribution < 1.29 is 24.2 Å². The van der Waals surface area contributed by atoms with Crippen LogP contribution < -0.4 is 10.6 Å². The topological polar surface area (TPSA) is 123 Å². The number of hydrogen-bond acceptors (Lipinski definition) is 5. The summed E-state index contributed by atoms with van der Waals surface area (Å²) in [5, 5.41) is 18.4. The van der Waals surface area contributed by atoms with Gasteiger partial charge in [0, 0.05) is 31.6 Å². The number of carbonyl (C=O) groups is 3. The van der Waals surface area contributed by atoms with Gasteiger partial charge in [-0.2, -0.15) is 5.10 Å². The number of carbonyl (C=O) groups excluding carboxylic acids is 2. The van der Waals surface area contributed by atoms with Crippen LogP contribution in [0.15, 0.2) is 54.7 Å². The summed E-state index contributed by atoms with van der Waals surface area (Å²) in [5.41, 5.74) is 4.38. The standard InChI is InChI=1S/C26H28N4O5/c1-15(2)21(12-23(31)27-22-13-30(3)29-24(22)25(32)33)28-26(34)35-14-20-18-10-6-4-8-16(18)17-9-5-7-11-19(17)20/h4-11,13,15,20-21H,12,14H2,1-3H3,(H,27,31)(H,28,34)(H,32,33). The quantitative estimate of drug-likeness (QED) is 0.452. The number of rotatable bonds is 8. The van der Waals surface area contributed by atoms with E-state index in [1.54, 1.807) is 7.05 Å². The van der Waals surface area contributed by atoms with Crippen molar-refractivity contribution in [3.63, 3.8) is 0 Å². The Hall–Kier alpha value is -4.14. The van der Waals surface area contributed by atoms with Crippen LogP contribution in [-0.2, 0) is 16.6 Å². The smallest absolute Gasteiger partial charge is 0.407 e. The van der Waals surface area contributed by atoms with E-state index in [2.05, 4.69) is 27.9 Å². The van der Waals surface area contributed by atoms with Crippen molar-refractivity contribution >= 4 is 23.7 Å². The maximum atomic E-state index is 12.7. The number of nitrogens with zero attached hydrogens (tertiary/aromatic N) is 2. The molecule has 1 aliphatic rings. The lowest BCUT2D eigenvalue weighted by Gasteiger charge is -2.22. The summed E-state index contributed by atoms with van der Waals surface area (Å²) in [6, 6.07) is 15.7. The van der Waals surface area contributed by atoms with Gasteiger partial charge in [0.1, 0.15) is 6.61 Å². The Morgan fingerprint density at radius 3 is 2.23 bits per heavy atom. The third kappa shape index (κ3) is 5.18. The Bertz CT molecular complexity index is 1220. The molecule has 2 aromatic carbocycles. The highest BCUT2D eigenvalue weighted by molar-refractivity contribution is 5.99. The van der Waals surface area contributed by atoms with Crippen LogP contribution in [0.4, 0.5) is 10.5 Å². The number of aromatic carboxylic acids is 1. The molecule has 1 aromatic heterocycles. The van der Waals surface area contributed by atoms with Gasteiger partial charge in [0.2, 0.25) is 5.91 Å². The number of ether oxygens (including phenoxy) is 1. The van der Waals surface area contributed by atoms with E-state index in [1.807, 2.05) is 50.2 Å². The molecule has 1 heterocycles. The molecule has 3 N–H and O–H groups in total. The number of benzene rings is 2. The number of carboxylic acids is 1. The van der Waals surface area contributed by atoms with Crippen LogP contribution in [0.5, 0.6) is 0 Å². The molecule has 0 saturated heterocycles. The van der Waals surface area contributed by atoms with Crippen molar-refractivity contribution in [3.05, 3.63) is 71.5 Å². The second-order valence-corrected chi connectivity index (χ2v) is 8.94. The van der Waals surface area contributed by atoms with E-state index in [0.29, 0.717) is 0 Å². The van der Waals surface area contributed by atoms with E-state index in [1.165, 1.54) is 10.9 Å². The number of alkyl carbamates (subject to hydrolysis) is 1. The molecule has 1 unspecified atom stereocenters. The van der Waals surface area contributed by atoms with E-state index in [0.717, 1.165) is 22.3 Å². The van der Waals surface area contributed by atoms with Gasteiger partial charge in [-0.15, -0.1) is 0 Å². The summed E-state index contributed by atoms with van der Waals surface area (Å²) in [6.45, 7) is 3.94. The molecule has 0 bridgehead atoms. The number of aryl methyl sites for hydroxylation is 1. The molecule has 0 spiro atoms. The van der Waals surface area contributed by atoms with Gasteiger partial charge in [0.25, 0.3) is 0 Å². The molecule has 0 saturated carbocycles. The van der Waals surface area contributed by atoms with E-state index in [-0.39, 0.29) is 36.2 Å². The average Bonchev–Trinajstić information content (AvgIpc) is 3.34. The molecule has 1 aliphatic carbocycles. The zero-order chi connectivity index (χ0) is 25.1. The van der Waals surface area contributed by atoms with Crippen molar-refractivity contribution in [1.82, 2.24) is 15.1 Å². The van der Waals surface area contributed by atoms with E-state index in [9.17, 15) is 19.5 Å². The number of fused-ring (bicyclic) bond motifs is 3. The number of anilines is 1. The monoisotopic (exact) mass is 476 g/mol. The number of carboxylic acid groups (broad SMARTS) is 1. The van der Waals surface area contributed by atoms with Crippen molar-refractivity contribution in [2.45, 2.75) is 32.2 Å². The maximum absolute atomic E-state index is 12.7. The van der Waals surface area contributed by atoms with E-state index in [4.69, 9.17) is 4.74 Å². The minimum atomic E-state index is -1.24. The van der Waals surface area contributed by atoms with Crippen molar-refractivity contribution in [3.8, 4) is 11.1 Å². The molecule has 0 aliphatic heterocycles. The summed E-state index contributed by atoms with van der Waals surface area (Å²) in [6.07, 6.45) is 0.770. The summed E-state index contributed by atoms with van der Waals surface area (Å²) in [7, 11) is 1.57. The molecule has 35 heavy (non-hydrogen) atoms. The van der Waals surface area contributed by atoms with E-state index < -0.39 is 24.0 Å². The predicted octanol–water partition coefficient (Wildman–Crippen LogP) is 4.01. The van der Waals surface area contributed by atoms with Gasteiger partial charge in [0.05, 0.1) is 5.69 Å². The highest BCUT2D eigenvalue weighted by Crippen LogP contribution is 2.44. The minimum absolute atomic E-state index is 0.0458. The van der Waals surface area contributed by atoms with Gasteiger partial charge in [-0.1, -0.05) is 62.4 Å². The number of hydrogen-bond donors (Lipinski definition) is 3. The van der Waals surface area contributed by atoms with Gasteiger partial charge in [-0.3, -0.25) is 9.48 Å². The van der Waals surface area contributed by atoms with Crippen LogP contribution in [-0.4, -0.2) is 45.5 Å². The van der Waals surface area contributed by atoms with Crippen molar-refractivity contribution in [2.75, 3.05) is 11.9 Å². The second kappa shape index (κ2) is 10.0. The fourth-order valence-electron chi connectivity index (χ4n) is 4.38. The van der Waals surface area contributed by atoms with Gasteiger partial charge in [-0.05, 0) is 28.2 Å². The number of nitrogens with one attached hydrogen (secondary N) is 2. The lowest BCUT2D eigenvalue weighted by Crippen LogP contribution is -2.41.